The Labute approximate surface area is 203 Å². The van der Waals surface area contributed by atoms with E-state index < -0.39 is 0 Å². The van der Waals surface area contributed by atoms with Gasteiger partial charge in [0.25, 0.3) is 5.91 Å². The van der Waals surface area contributed by atoms with Crippen molar-refractivity contribution in [3.63, 3.8) is 0 Å². The summed E-state index contributed by atoms with van der Waals surface area (Å²) in [5, 5.41) is 2.05. The van der Waals surface area contributed by atoms with Crippen molar-refractivity contribution >= 4 is 28.6 Å². The molecular formula is C29H25N5O. The Bertz CT molecular complexity index is 1460. The molecule has 0 radical (unpaired) electrons. The molecule has 2 aliphatic heterocycles. The van der Waals surface area contributed by atoms with Crippen LogP contribution in [0, 0.1) is 0 Å². The highest BCUT2D eigenvalue weighted by molar-refractivity contribution is 6.38. The van der Waals surface area contributed by atoms with Crippen molar-refractivity contribution in [1.29, 1.82) is 0 Å². The summed E-state index contributed by atoms with van der Waals surface area (Å²) in [6.45, 7) is 1.11. The first-order chi connectivity index (χ1) is 17.3. The molecule has 6 heteroatoms. The maximum atomic E-state index is 13.7. The predicted octanol–water partition coefficient (Wildman–Crippen LogP) is 4.85. The minimum Gasteiger partial charge on any atom is -0.348 e. The summed E-state index contributed by atoms with van der Waals surface area (Å²) in [4.78, 5) is 33.0. The van der Waals surface area contributed by atoms with Crippen molar-refractivity contribution < 1.29 is 4.79 Å². The molecule has 0 fully saturated rings. The van der Waals surface area contributed by atoms with E-state index in [9.17, 15) is 4.79 Å². The monoisotopic (exact) mass is 459 g/mol. The summed E-state index contributed by atoms with van der Waals surface area (Å²) in [7, 11) is 0. The van der Waals surface area contributed by atoms with E-state index in [1.165, 1.54) is 5.57 Å². The Morgan fingerprint density at radius 3 is 2.69 bits per heavy atom. The Morgan fingerprint density at radius 1 is 1.00 bits per heavy atom. The average Bonchev–Trinajstić information content (AvgIpc) is 3.36. The lowest BCUT2D eigenvalue weighted by atomic mass is 9.94. The van der Waals surface area contributed by atoms with Crippen molar-refractivity contribution in [3.8, 4) is 0 Å². The average molecular weight is 460 g/mol. The quantitative estimate of drug-likeness (QED) is 0.474. The highest BCUT2D eigenvalue weighted by atomic mass is 16.2. The van der Waals surface area contributed by atoms with Crippen LogP contribution in [0.5, 0.6) is 0 Å². The second kappa shape index (κ2) is 9.14. The highest BCUT2D eigenvalue weighted by Crippen LogP contribution is 2.30. The zero-order valence-corrected chi connectivity index (χ0v) is 19.3. The van der Waals surface area contributed by atoms with Crippen molar-refractivity contribution in [2.75, 3.05) is 13.1 Å². The number of hydrogen-bond donors (Lipinski definition) is 1. The molecule has 3 aromatic carbocycles. The van der Waals surface area contributed by atoms with Gasteiger partial charge in [0.15, 0.2) is 0 Å². The number of rotatable bonds is 4. The van der Waals surface area contributed by atoms with Gasteiger partial charge in [-0.25, -0.2) is 9.98 Å². The number of carbonyl (C=O) groups is 1. The molecule has 6 nitrogen and oxygen atoms in total. The maximum Gasteiger partial charge on any atom is 0.254 e. The van der Waals surface area contributed by atoms with Gasteiger partial charge in [-0.15, -0.1) is 0 Å². The van der Waals surface area contributed by atoms with E-state index in [0.717, 1.165) is 51.8 Å². The van der Waals surface area contributed by atoms with Crippen molar-refractivity contribution in [2.24, 2.45) is 9.98 Å². The Kier molecular flexibility index (Phi) is 5.54. The van der Waals surface area contributed by atoms with Gasteiger partial charge in [0.2, 0.25) is 0 Å². The summed E-state index contributed by atoms with van der Waals surface area (Å²) in [6, 6.07) is 24.0. The number of H-pyrrole nitrogens is 1. The third-order valence-electron chi connectivity index (χ3n) is 6.74. The Morgan fingerprint density at radius 2 is 1.83 bits per heavy atom. The number of carbonyl (C=O) groups excluding carboxylic acids is 1. The first-order valence-corrected chi connectivity index (χ1v) is 11.9. The fourth-order valence-corrected chi connectivity index (χ4v) is 4.94. The number of nitrogens with one attached hydrogen (secondary N) is 1. The Hall–Kier alpha value is -4.32. The van der Waals surface area contributed by atoms with Crippen molar-refractivity contribution in [2.45, 2.75) is 18.9 Å². The minimum absolute atomic E-state index is 0.0368. The van der Waals surface area contributed by atoms with Crippen LogP contribution in [0.3, 0.4) is 0 Å². The first kappa shape index (κ1) is 21.2. The van der Waals surface area contributed by atoms with E-state index in [4.69, 9.17) is 9.98 Å². The molecule has 6 rings (SSSR count). The lowest BCUT2D eigenvalue weighted by molar-refractivity contribution is 0.0763. The standard InChI is InChI=1S/C29H25N5O/c35-29(24-12-6-10-20-7-4-5-11-23(20)24)34-14-13-25-26(15-22-16-30-19-32-22)31-17-27(33-28(25)18-34)21-8-2-1-3-9-21/h1-12,16-17,19,26H,13-15,18H2,(H,30,32). The molecule has 2 aliphatic rings. The van der Waals surface area contributed by atoms with E-state index in [0.29, 0.717) is 13.1 Å². The van der Waals surface area contributed by atoms with Gasteiger partial charge in [-0.1, -0.05) is 66.7 Å². The van der Waals surface area contributed by atoms with Crippen LogP contribution in [0.2, 0.25) is 0 Å². The number of nitrogens with zero attached hydrogens (tertiary/aromatic N) is 4. The van der Waals surface area contributed by atoms with Crippen molar-refractivity contribution in [3.05, 3.63) is 113 Å². The summed E-state index contributed by atoms with van der Waals surface area (Å²) in [5.41, 5.74) is 5.75. The fraction of sp³-hybridized carbons (Fsp3) is 0.172. The number of amides is 1. The molecule has 1 aromatic heterocycles. The molecule has 0 spiro atoms. The third kappa shape index (κ3) is 4.19. The lowest BCUT2D eigenvalue weighted by Gasteiger charge is -2.31. The minimum atomic E-state index is -0.0368. The second-order valence-corrected chi connectivity index (χ2v) is 8.91. The first-order valence-electron chi connectivity index (χ1n) is 11.9. The van der Waals surface area contributed by atoms with Gasteiger partial charge in [0.05, 0.1) is 30.3 Å². The topological polar surface area (TPSA) is 73.7 Å². The van der Waals surface area contributed by atoms with Gasteiger partial charge in [-0.05, 0) is 28.8 Å². The molecule has 1 N–H and O–H groups in total. The number of benzene rings is 3. The van der Waals surface area contributed by atoms with Crippen LogP contribution in [0.4, 0.5) is 0 Å². The van der Waals surface area contributed by atoms with Gasteiger partial charge >= 0.3 is 0 Å². The fourth-order valence-electron chi connectivity index (χ4n) is 4.94. The molecule has 1 amide bonds. The molecule has 172 valence electrons. The molecule has 0 bridgehead atoms. The molecular weight excluding hydrogens is 434 g/mol. The second-order valence-electron chi connectivity index (χ2n) is 8.91. The summed E-state index contributed by atoms with van der Waals surface area (Å²) in [6.07, 6.45) is 6.89. The number of hydrogen-bond acceptors (Lipinski definition) is 4. The highest BCUT2D eigenvalue weighted by Gasteiger charge is 2.30. The van der Waals surface area contributed by atoms with Crippen LogP contribution in [-0.2, 0) is 6.42 Å². The van der Waals surface area contributed by atoms with E-state index in [-0.39, 0.29) is 11.9 Å². The lowest BCUT2D eigenvalue weighted by Crippen LogP contribution is -2.38. The van der Waals surface area contributed by atoms with E-state index in [1.54, 1.807) is 6.33 Å². The molecule has 0 aliphatic carbocycles. The molecule has 0 saturated heterocycles. The van der Waals surface area contributed by atoms with Gasteiger partial charge in [-0.3, -0.25) is 9.79 Å². The smallest absolute Gasteiger partial charge is 0.254 e. The summed E-state index contributed by atoms with van der Waals surface area (Å²) < 4.78 is 0. The van der Waals surface area contributed by atoms with Crippen molar-refractivity contribution in [1.82, 2.24) is 14.9 Å². The summed E-state index contributed by atoms with van der Waals surface area (Å²) in [5.74, 6) is 0.0418. The van der Waals surface area contributed by atoms with E-state index in [1.807, 2.05) is 90.1 Å². The number of aromatic amines is 1. The van der Waals surface area contributed by atoms with Crippen LogP contribution in [-0.4, -0.2) is 51.8 Å². The van der Waals surface area contributed by atoms with E-state index in [2.05, 4.69) is 9.97 Å². The van der Waals surface area contributed by atoms with Crippen LogP contribution < -0.4 is 0 Å². The summed E-state index contributed by atoms with van der Waals surface area (Å²) >= 11 is 0. The molecule has 1 unspecified atom stereocenters. The maximum absolute atomic E-state index is 13.7. The zero-order chi connectivity index (χ0) is 23.6. The van der Waals surface area contributed by atoms with E-state index >= 15 is 0 Å². The number of aromatic nitrogens is 2. The molecule has 4 aromatic rings. The SMILES string of the molecule is O=C(c1cccc2ccccc12)N1CCC2=C(C1)N=C(c1ccccc1)C=NC2Cc1cnc[nH]1. The largest absolute Gasteiger partial charge is 0.348 e. The zero-order valence-electron chi connectivity index (χ0n) is 19.3. The van der Waals surface area contributed by atoms with Gasteiger partial charge in [0, 0.05) is 42.2 Å². The molecule has 35 heavy (non-hydrogen) atoms. The van der Waals surface area contributed by atoms with Crippen LogP contribution in [0.25, 0.3) is 10.8 Å². The molecule has 0 saturated carbocycles. The number of imidazole rings is 1. The number of aliphatic imine (C=N–C) groups is 2. The predicted molar refractivity (Wildman–Crippen MR) is 139 cm³/mol. The van der Waals surface area contributed by atoms with Crippen LogP contribution in [0.15, 0.2) is 107 Å². The van der Waals surface area contributed by atoms with Gasteiger partial charge in [0.1, 0.15) is 0 Å². The Balaban J connectivity index is 1.36. The van der Waals surface area contributed by atoms with Crippen LogP contribution >= 0.6 is 0 Å². The number of fused-ring (bicyclic) bond motifs is 1. The molecule has 3 heterocycles. The normalized spacial score (nSPS) is 17.8. The van der Waals surface area contributed by atoms with Gasteiger partial charge < -0.3 is 9.88 Å². The van der Waals surface area contributed by atoms with Gasteiger partial charge in [-0.2, -0.15) is 0 Å². The third-order valence-corrected chi connectivity index (χ3v) is 6.74. The molecule has 1 atom stereocenters. The van der Waals surface area contributed by atoms with Crippen LogP contribution in [0.1, 0.15) is 28.0 Å².